The summed E-state index contributed by atoms with van der Waals surface area (Å²) in [5.74, 6) is -0.596. The molecule has 2 aliphatic heterocycles. The molecule has 0 aliphatic carbocycles. The number of esters is 1. The molecule has 1 aromatic heterocycles. The minimum absolute atomic E-state index is 0.192. The zero-order chi connectivity index (χ0) is 26.7. The Kier molecular flexibility index (Phi) is 7.56. The van der Waals surface area contributed by atoms with Crippen molar-refractivity contribution < 1.29 is 24.1 Å². The van der Waals surface area contributed by atoms with E-state index in [0.29, 0.717) is 17.0 Å². The third-order valence-electron chi connectivity index (χ3n) is 6.36. The lowest BCUT2D eigenvalue weighted by Gasteiger charge is -2.54. The first kappa shape index (κ1) is 26.0. The van der Waals surface area contributed by atoms with E-state index in [4.69, 9.17) is 26.1 Å². The van der Waals surface area contributed by atoms with Crippen LogP contribution < -0.4 is 0 Å². The Morgan fingerprint density at radius 1 is 1.11 bits per heavy atom. The topological polar surface area (TPSA) is 78.0 Å². The molecule has 2 aromatic carbocycles. The van der Waals surface area contributed by atoms with Gasteiger partial charge in [-0.05, 0) is 54.4 Å². The normalized spacial score (nSPS) is 23.5. The molecule has 0 spiro atoms. The minimum atomic E-state index is -1.26. The number of carbonyl (C=O) groups excluding carboxylic acids is 2. The van der Waals surface area contributed by atoms with Crippen molar-refractivity contribution in [2.75, 3.05) is 5.75 Å². The summed E-state index contributed by atoms with van der Waals surface area (Å²) < 4.78 is 6.15. The number of nitrogens with zero attached hydrogens (tertiary/aromatic N) is 2. The van der Waals surface area contributed by atoms with Crippen LogP contribution in [0.1, 0.15) is 29.8 Å². The summed E-state index contributed by atoms with van der Waals surface area (Å²) in [6, 6.07) is 23.3. The summed E-state index contributed by atoms with van der Waals surface area (Å²) in [5, 5.41) is -0.563. The number of ether oxygens (including phenoxy) is 1. The molecule has 3 atom stereocenters. The number of halogens is 1. The van der Waals surface area contributed by atoms with Gasteiger partial charge in [0.05, 0.1) is 11.3 Å². The Balaban J connectivity index is 1.48. The molecule has 7 nitrogen and oxygen atoms in total. The highest BCUT2D eigenvalue weighted by Crippen LogP contribution is 2.48. The number of fused-ring (bicyclic) bond motifs is 1. The van der Waals surface area contributed by atoms with Crippen molar-refractivity contribution in [3.8, 4) is 0 Å². The molecule has 194 valence electrons. The van der Waals surface area contributed by atoms with E-state index in [1.807, 2.05) is 78.9 Å². The summed E-state index contributed by atoms with van der Waals surface area (Å²) in [6.45, 7) is 5.18. The number of hydrogen-bond acceptors (Lipinski definition) is 7. The highest BCUT2D eigenvalue weighted by molar-refractivity contribution is 8.00. The van der Waals surface area contributed by atoms with Crippen molar-refractivity contribution in [2.24, 2.45) is 0 Å². The van der Waals surface area contributed by atoms with E-state index in [9.17, 15) is 9.59 Å². The van der Waals surface area contributed by atoms with Gasteiger partial charge in [-0.1, -0.05) is 66.7 Å². The second-order valence-corrected chi connectivity index (χ2v) is 10.6. The Labute approximate surface area is 230 Å². The first-order valence-corrected chi connectivity index (χ1v) is 13.4. The van der Waals surface area contributed by atoms with E-state index >= 15 is 0 Å². The Morgan fingerprint density at radius 2 is 1.74 bits per heavy atom. The maximum absolute atomic E-state index is 14.0. The molecular weight excluding hydrogens is 524 g/mol. The van der Waals surface area contributed by atoms with Crippen molar-refractivity contribution in [3.05, 3.63) is 119 Å². The first-order chi connectivity index (χ1) is 18.4. The van der Waals surface area contributed by atoms with Gasteiger partial charge in [-0.15, -0.1) is 11.8 Å². The number of pyridine rings is 1. The van der Waals surface area contributed by atoms with Gasteiger partial charge in [-0.2, -0.15) is 4.89 Å². The van der Waals surface area contributed by atoms with E-state index in [1.165, 1.54) is 16.7 Å². The van der Waals surface area contributed by atoms with Crippen molar-refractivity contribution >= 4 is 41.3 Å². The van der Waals surface area contributed by atoms with Crippen molar-refractivity contribution in [3.63, 3.8) is 0 Å². The minimum Gasteiger partial charge on any atom is -0.451 e. The number of amides is 1. The van der Waals surface area contributed by atoms with Crippen LogP contribution in [0.5, 0.6) is 0 Å². The van der Waals surface area contributed by atoms with Gasteiger partial charge >= 0.3 is 5.97 Å². The van der Waals surface area contributed by atoms with E-state index in [1.54, 1.807) is 19.2 Å². The Morgan fingerprint density at radius 3 is 2.32 bits per heavy atom. The number of benzene rings is 2. The molecule has 5 rings (SSSR count). The maximum Gasteiger partial charge on any atom is 0.333 e. The average molecular weight is 549 g/mol. The van der Waals surface area contributed by atoms with Crippen LogP contribution in [0, 0.1) is 0 Å². The van der Waals surface area contributed by atoms with Gasteiger partial charge in [0.2, 0.25) is 5.22 Å². The fourth-order valence-electron chi connectivity index (χ4n) is 4.58. The summed E-state index contributed by atoms with van der Waals surface area (Å²) in [5.41, 5.74) is 1.55. The molecule has 3 heterocycles. The highest BCUT2D eigenvalue weighted by Gasteiger charge is 2.61. The molecule has 0 radical (unpaired) electrons. The number of rotatable bonds is 8. The third-order valence-corrected chi connectivity index (χ3v) is 7.96. The number of β-lactam (4-membered cyclic amide) rings is 1. The van der Waals surface area contributed by atoms with Crippen molar-refractivity contribution in [1.82, 2.24) is 9.88 Å². The van der Waals surface area contributed by atoms with Gasteiger partial charge in [0.25, 0.3) is 5.91 Å². The van der Waals surface area contributed by atoms with Crippen LogP contribution >= 0.6 is 23.4 Å². The summed E-state index contributed by atoms with van der Waals surface area (Å²) >= 11 is 7.25. The van der Waals surface area contributed by atoms with Gasteiger partial charge in [0.15, 0.2) is 17.7 Å². The predicted octanol–water partition coefficient (Wildman–Crippen LogP) is 5.50. The molecule has 3 aromatic rings. The van der Waals surface area contributed by atoms with Crippen LogP contribution in [0.3, 0.4) is 0 Å². The predicted molar refractivity (Wildman–Crippen MR) is 145 cm³/mol. The van der Waals surface area contributed by atoms with E-state index in [2.05, 4.69) is 11.6 Å². The largest absolute Gasteiger partial charge is 0.451 e. The Hall–Kier alpha value is -3.59. The van der Waals surface area contributed by atoms with Gasteiger partial charge in [-0.3, -0.25) is 9.78 Å². The second kappa shape index (κ2) is 11.0. The quantitative estimate of drug-likeness (QED) is 0.0918. The first-order valence-electron chi connectivity index (χ1n) is 11.9. The molecular formula is C29H25ClN2O5S. The van der Waals surface area contributed by atoms with Crippen LogP contribution in [0.25, 0.3) is 6.08 Å². The molecule has 2 aliphatic rings. The summed E-state index contributed by atoms with van der Waals surface area (Å²) in [6.07, 6.45) is 2.72. The summed E-state index contributed by atoms with van der Waals surface area (Å²) in [4.78, 5) is 43.9. The second-order valence-electron chi connectivity index (χ2n) is 9.11. The zero-order valence-electron chi connectivity index (χ0n) is 20.5. The number of aromatic nitrogens is 1. The monoisotopic (exact) mass is 548 g/mol. The molecule has 0 N–H and O–H groups in total. The van der Waals surface area contributed by atoms with Crippen LogP contribution in [0.4, 0.5) is 0 Å². The van der Waals surface area contributed by atoms with Gasteiger partial charge in [0, 0.05) is 11.9 Å². The molecule has 9 heteroatoms. The standard InChI is InChI=1S/C29H25ClN2O5S/c1-19(30)36-37-29(2)18-38-27-23(17-22-15-9-10-16-31-22)26(33)32(27)25(29)28(34)35-24(20-11-5-3-6-12-20)21-13-7-4-8-14-21/h3-17,24-25,27H,1,18H2,2H3/b23-17-/t25-,27?,29?/m0/s1. The van der Waals surface area contributed by atoms with Crippen LogP contribution in [0.15, 0.2) is 102 Å². The van der Waals surface area contributed by atoms with Gasteiger partial charge in [0.1, 0.15) is 5.37 Å². The lowest BCUT2D eigenvalue weighted by molar-refractivity contribution is -0.331. The van der Waals surface area contributed by atoms with Crippen LogP contribution in [0.2, 0.25) is 0 Å². The molecule has 2 fully saturated rings. The van der Waals surface area contributed by atoms with Gasteiger partial charge in [-0.25, -0.2) is 4.79 Å². The fraction of sp³-hybridized carbons (Fsp3) is 0.207. The number of thioether (sulfide) groups is 1. The van der Waals surface area contributed by atoms with Crippen molar-refractivity contribution in [1.29, 1.82) is 0 Å². The summed E-state index contributed by atoms with van der Waals surface area (Å²) in [7, 11) is 0. The highest BCUT2D eigenvalue weighted by atomic mass is 35.5. The number of hydrogen-bond donors (Lipinski definition) is 0. The molecule has 0 saturated carbocycles. The molecule has 1 amide bonds. The average Bonchev–Trinajstić information content (AvgIpc) is 2.95. The van der Waals surface area contributed by atoms with Crippen LogP contribution in [-0.4, -0.2) is 44.5 Å². The Bertz CT molecular complexity index is 1320. The molecule has 0 bridgehead atoms. The smallest absolute Gasteiger partial charge is 0.333 e. The van der Waals surface area contributed by atoms with Crippen LogP contribution in [-0.2, 0) is 24.1 Å². The lowest BCUT2D eigenvalue weighted by atomic mass is 9.90. The third kappa shape index (κ3) is 5.20. The van der Waals surface area contributed by atoms with E-state index < -0.39 is 23.7 Å². The van der Waals surface area contributed by atoms with Gasteiger partial charge < -0.3 is 14.5 Å². The molecule has 38 heavy (non-hydrogen) atoms. The molecule has 2 unspecified atom stereocenters. The maximum atomic E-state index is 14.0. The van der Waals surface area contributed by atoms with E-state index in [-0.39, 0.29) is 16.5 Å². The van der Waals surface area contributed by atoms with E-state index in [0.717, 1.165) is 11.1 Å². The number of carbonyl (C=O) groups is 2. The molecule has 2 saturated heterocycles. The SMILES string of the molecule is C=C(Cl)OOC1(C)CSC2/C(=C\c3ccccn3)C(=O)N2[C@H]1C(=O)OC(c1ccccc1)c1ccccc1. The fourth-order valence-corrected chi connectivity index (χ4v) is 6.03. The van der Waals surface area contributed by atoms with Crippen molar-refractivity contribution in [2.45, 2.75) is 30.0 Å². The zero-order valence-corrected chi connectivity index (χ0v) is 22.1. The lowest BCUT2D eigenvalue weighted by Crippen LogP contribution is -2.71.